The lowest BCUT2D eigenvalue weighted by atomic mass is 9.97. The van der Waals surface area contributed by atoms with Gasteiger partial charge in [0.15, 0.2) is 5.89 Å². The van der Waals surface area contributed by atoms with Crippen molar-refractivity contribution in [3.8, 4) is 0 Å². The molecule has 1 fully saturated rings. The lowest BCUT2D eigenvalue weighted by Crippen LogP contribution is -2.29. The van der Waals surface area contributed by atoms with Crippen molar-refractivity contribution in [2.45, 2.75) is 18.8 Å². The van der Waals surface area contributed by atoms with E-state index in [4.69, 9.17) is 4.42 Å². The first-order chi connectivity index (χ1) is 5.86. The number of oxazole rings is 1. The zero-order valence-corrected chi connectivity index (χ0v) is 7.36. The number of rotatable bonds is 1. The van der Waals surface area contributed by atoms with Crippen LogP contribution in [0.5, 0.6) is 0 Å². The standard InChI is InChI=1S/C9H14N2O/c1-11-5-2-8(3-6-11)9-10-4-7-12-9/h4,7-8H,2-3,5-6H2,1H3. The number of nitrogens with zero attached hydrogens (tertiary/aromatic N) is 2. The van der Waals surface area contributed by atoms with E-state index in [1.807, 2.05) is 0 Å². The topological polar surface area (TPSA) is 29.3 Å². The minimum atomic E-state index is 0.552. The highest BCUT2D eigenvalue weighted by Gasteiger charge is 2.21. The molecule has 1 aromatic heterocycles. The Labute approximate surface area is 72.4 Å². The number of hydrogen-bond acceptors (Lipinski definition) is 3. The van der Waals surface area contributed by atoms with Gasteiger partial charge < -0.3 is 9.32 Å². The van der Waals surface area contributed by atoms with Gasteiger partial charge in [0.05, 0.1) is 6.20 Å². The summed E-state index contributed by atoms with van der Waals surface area (Å²) < 4.78 is 5.28. The van der Waals surface area contributed by atoms with E-state index >= 15 is 0 Å². The van der Waals surface area contributed by atoms with E-state index in [0.29, 0.717) is 5.92 Å². The van der Waals surface area contributed by atoms with E-state index in [9.17, 15) is 0 Å². The van der Waals surface area contributed by atoms with Gasteiger partial charge in [-0.05, 0) is 33.0 Å². The third kappa shape index (κ3) is 1.50. The molecule has 1 aromatic rings. The highest BCUT2D eigenvalue weighted by molar-refractivity contribution is 4.94. The number of aromatic nitrogens is 1. The minimum Gasteiger partial charge on any atom is -0.449 e. The predicted octanol–water partition coefficient (Wildman–Crippen LogP) is 1.48. The Balaban J connectivity index is 1.99. The molecule has 12 heavy (non-hydrogen) atoms. The Kier molecular flexibility index (Phi) is 2.13. The summed E-state index contributed by atoms with van der Waals surface area (Å²) in [6, 6.07) is 0. The molecule has 0 saturated carbocycles. The number of piperidine rings is 1. The van der Waals surface area contributed by atoms with Gasteiger partial charge in [-0.3, -0.25) is 0 Å². The van der Waals surface area contributed by atoms with Crippen molar-refractivity contribution in [2.75, 3.05) is 20.1 Å². The van der Waals surface area contributed by atoms with Gasteiger partial charge in [0, 0.05) is 5.92 Å². The van der Waals surface area contributed by atoms with E-state index in [2.05, 4.69) is 16.9 Å². The summed E-state index contributed by atoms with van der Waals surface area (Å²) in [6.07, 6.45) is 5.75. The zero-order valence-electron chi connectivity index (χ0n) is 7.36. The Morgan fingerprint density at radius 2 is 2.25 bits per heavy atom. The Hall–Kier alpha value is -0.830. The average molecular weight is 166 g/mol. The van der Waals surface area contributed by atoms with Crippen LogP contribution in [0.1, 0.15) is 24.7 Å². The molecule has 1 aliphatic rings. The van der Waals surface area contributed by atoms with Gasteiger partial charge in [-0.2, -0.15) is 0 Å². The van der Waals surface area contributed by atoms with Gasteiger partial charge >= 0.3 is 0 Å². The summed E-state index contributed by atoms with van der Waals surface area (Å²) in [5, 5.41) is 0. The number of hydrogen-bond donors (Lipinski definition) is 0. The molecule has 0 atom stereocenters. The molecule has 1 aliphatic heterocycles. The average Bonchev–Trinajstić information content (AvgIpc) is 2.58. The van der Waals surface area contributed by atoms with Gasteiger partial charge in [0.2, 0.25) is 0 Å². The van der Waals surface area contributed by atoms with Gasteiger partial charge in [-0.15, -0.1) is 0 Å². The molecular weight excluding hydrogens is 152 g/mol. The Morgan fingerprint density at radius 1 is 1.50 bits per heavy atom. The van der Waals surface area contributed by atoms with Crippen LogP contribution in [0.25, 0.3) is 0 Å². The third-order valence-corrected chi connectivity index (χ3v) is 2.52. The van der Waals surface area contributed by atoms with Crippen LogP contribution < -0.4 is 0 Å². The summed E-state index contributed by atoms with van der Waals surface area (Å²) in [4.78, 5) is 6.53. The molecule has 2 rings (SSSR count). The van der Waals surface area contributed by atoms with Gasteiger partial charge in [0.25, 0.3) is 0 Å². The van der Waals surface area contributed by atoms with Crippen molar-refractivity contribution < 1.29 is 4.42 Å². The monoisotopic (exact) mass is 166 g/mol. The molecule has 66 valence electrons. The molecule has 0 aromatic carbocycles. The highest BCUT2D eigenvalue weighted by Crippen LogP contribution is 2.25. The first-order valence-corrected chi connectivity index (χ1v) is 4.44. The van der Waals surface area contributed by atoms with E-state index < -0.39 is 0 Å². The molecular formula is C9H14N2O. The Bertz CT molecular complexity index is 225. The van der Waals surface area contributed by atoms with Crippen LogP contribution >= 0.6 is 0 Å². The maximum atomic E-state index is 5.28. The predicted molar refractivity (Wildman–Crippen MR) is 46.0 cm³/mol. The first kappa shape index (κ1) is 7.80. The fourth-order valence-electron chi connectivity index (χ4n) is 1.69. The second-order valence-corrected chi connectivity index (χ2v) is 3.45. The SMILES string of the molecule is CN1CCC(c2ncco2)CC1. The molecule has 0 bridgehead atoms. The highest BCUT2D eigenvalue weighted by atomic mass is 16.3. The van der Waals surface area contributed by atoms with Gasteiger partial charge in [-0.1, -0.05) is 0 Å². The normalized spacial score (nSPS) is 21.4. The summed E-state index contributed by atoms with van der Waals surface area (Å²) >= 11 is 0. The van der Waals surface area contributed by atoms with Crippen molar-refractivity contribution in [1.29, 1.82) is 0 Å². The summed E-state index contributed by atoms with van der Waals surface area (Å²) in [7, 11) is 2.16. The first-order valence-electron chi connectivity index (χ1n) is 4.44. The smallest absolute Gasteiger partial charge is 0.197 e. The summed E-state index contributed by atoms with van der Waals surface area (Å²) in [6.45, 7) is 2.32. The van der Waals surface area contributed by atoms with Crippen LogP contribution in [-0.4, -0.2) is 30.0 Å². The molecule has 2 heterocycles. The second kappa shape index (κ2) is 3.27. The summed E-state index contributed by atoms with van der Waals surface area (Å²) in [5.74, 6) is 1.47. The van der Waals surface area contributed by atoms with Crippen molar-refractivity contribution in [3.63, 3.8) is 0 Å². The Morgan fingerprint density at radius 3 is 2.83 bits per heavy atom. The molecule has 0 unspecified atom stereocenters. The molecule has 1 saturated heterocycles. The lowest BCUT2D eigenvalue weighted by Gasteiger charge is -2.26. The maximum absolute atomic E-state index is 5.28. The van der Waals surface area contributed by atoms with Gasteiger partial charge in [-0.25, -0.2) is 4.98 Å². The minimum absolute atomic E-state index is 0.552. The molecule has 0 amide bonds. The second-order valence-electron chi connectivity index (χ2n) is 3.45. The third-order valence-electron chi connectivity index (χ3n) is 2.52. The van der Waals surface area contributed by atoms with Crippen LogP contribution in [0.2, 0.25) is 0 Å². The fraction of sp³-hybridized carbons (Fsp3) is 0.667. The fourth-order valence-corrected chi connectivity index (χ4v) is 1.69. The quantitative estimate of drug-likeness (QED) is 0.633. The van der Waals surface area contributed by atoms with Crippen molar-refractivity contribution in [2.24, 2.45) is 0 Å². The molecule has 3 nitrogen and oxygen atoms in total. The van der Waals surface area contributed by atoms with E-state index in [1.54, 1.807) is 12.5 Å². The van der Waals surface area contributed by atoms with E-state index in [0.717, 1.165) is 19.0 Å². The molecule has 0 spiro atoms. The van der Waals surface area contributed by atoms with Gasteiger partial charge in [0.1, 0.15) is 6.26 Å². The van der Waals surface area contributed by atoms with Crippen LogP contribution in [0, 0.1) is 0 Å². The van der Waals surface area contributed by atoms with Crippen LogP contribution in [-0.2, 0) is 0 Å². The molecule has 0 radical (unpaired) electrons. The zero-order chi connectivity index (χ0) is 8.39. The van der Waals surface area contributed by atoms with Crippen LogP contribution in [0.4, 0.5) is 0 Å². The molecule has 0 N–H and O–H groups in total. The van der Waals surface area contributed by atoms with Crippen LogP contribution in [0.15, 0.2) is 16.9 Å². The largest absolute Gasteiger partial charge is 0.449 e. The van der Waals surface area contributed by atoms with Crippen LogP contribution in [0.3, 0.4) is 0 Å². The maximum Gasteiger partial charge on any atom is 0.197 e. The van der Waals surface area contributed by atoms with Crippen molar-refractivity contribution in [1.82, 2.24) is 9.88 Å². The van der Waals surface area contributed by atoms with E-state index in [1.165, 1.54) is 12.8 Å². The summed E-state index contributed by atoms with van der Waals surface area (Å²) in [5.41, 5.74) is 0. The van der Waals surface area contributed by atoms with Crippen molar-refractivity contribution >= 4 is 0 Å². The van der Waals surface area contributed by atoms with Crippen molar-refractivity contribution in [3.05, 3.63) is 18.4 Å². The lowest BCUT2D eigenvalue weighted by molar-refractivity contribution is 0.237. The van der Waals surface area contributed by atoms with E-state index in [-0.39, 0.29) is 0 Å². The molecule has 0 aliphatic carbocycles. The molecule has 3 heteroatoms. The number of likely N-dealkylation sites (tertiary alicyclic amines) is 1.